The lowest BCUT2D eigenvalue weighted by Crippen LogP contribution is -2.15. The quantitative estimate of drug-likeness (QED) is 0.640. The summed E-state index contributed by atoms with van der Waals surface area (Å²) in [6, 6.07) is 4.30. The van der Waals surface area contributed by atoms with Gasteiger partial charge in [0.15, 0.2) is 0 Å². The third-order valence-electron chi connectivity index (χ3n) is 3.93. The molecule has 1 aliphatic rings. The summed E-state index contributed by atoms with van der Waals surface area (Å²) in [5.74, 6) is 0.543. The number of nitro groups is 1. The molecule has 114 valence electrons. The first-order valence-corrected chi connectivity index (χ1v) is 7.68. The van der Waals surface area contributed by atoms with Crippen molar-refractivity contribution >= 4 is 28.9 Å². The Kier molecular flexibility index (Phi) is 5.56. The summed E-state index contributed by atoms with van der Waals surface area (Å²) < 4.78 is 0. The fraction of sp³-hybridized carbons (Fsp3) is 0.533. The summed E-state index contributed by atoms with van der Waals surface area (Å²) in [5, 5.41) is 13.6. The minimum atomic E-state index is -0.556. The minimum absolute atomic E-state index is 0.0696. The number of carbonyl (C=O) groups excluding carboxylic acids is 1. The van der Waals surface area contributed by atoms with Crippen molar-refractivity contribution in [3.05, 3.63) is 33.3 Å². The molecule has 6 heteroatoms. The van der Waals surface area contributed by atoms with Gasteiger partial charge < -0.3 is 5.32 Å². The monoisotopic (exact) mass is 310 g/mol. The van der Waals surface area contributed by atoms with E-state index >= 15 is 0 Å². The van der Waals surface area contributed by atoms with Crippen LogP contribution in [0.3, 0.4) is 0 Å². The van der Waals surface area contributed by atoms with Crippen molar-refractivity contribution in [3.8, 4) is 0 Å². The smallest absolute Gasteiger partial charge is 0.289 e. The molecule has 1 aromatic carbocycles. The van der Waals surface area contributed by atoms with Crippen molar-refractivity contribution in [1.82, 2.24) is 0 Å². The maximum Gasteiger partial charge on any atom is 0.289 e. The lowest BCUT2D eigenvalue weighted by molar-refractivity contribution is -0.384. The topological polar surface area (TPSA) is 72.2 Å². The molecule has 1 amide bonds. The number of rotatable bonds is 5. The van der Waals surface area contributed by atoms with Gasteiger partial charge in [0.25, 0.3) is 5.69 Å². The van der Waals surface area contributed by atoms with Gasteiger partial charge in [0.05, 0.1) is 4.92 Å². The summed E-state index contributed by atoms with van der Waals surface area (Å²) in [4.78, 5) is 22.2. The molecule has 1 N–H and O–H groups in total. The Morgan fingerprint density at radius 2 is 2.05 bits per heavy atom. The molecule has 0 spiro atoms. The van der Waals surface area contributed by atoms with Crippen molar-refractivity contribution in [2.24, 2.45) is 5.92 Å². The Morgan fingerprint density at radius 1 is 1.33 bits per heavy atom. The van der Waals surface area contributed by atoms with Gasteiger partial charge in [0.2, 0.25) is 5.91 Å². The van der Waals surface area contributed by atoms with E-state index in [0.717, 1.165) is 6.42 Å². The summed E-state index contributed by atoms with van der Waals surface area (Å²) in [6.45, 7) is 0. The fourth-order valence-corrected chi connectivity index (χ4v) is 2.95. The molecule has 1 aliphatic carbocycles. The van der Waals surface area contributed by atoms with Gasteiger partial charge in [-0.25, -0.2) is 0 Å². The Bertz CT molecular complexity index is 528. The Labute approximate surface area is 128 Å². The van der Waals surface area contributed by atoms with Crippen LogP contribution < -0.4 is 5.32 Å². The van der Waals surface area contributed by atoms with E-state index in [0.29, 0.717) is 18.0 Å². The molecule has 1 fully saturated rings. The highest BCUT2D eigenvalue weighted by Gasteiger charge is 2.16. The van der Waals surface area contributed by atoms with Gasteiger partial charge >= 0.3 is 0 Å². The Morgan fingerprint density at radius 3 is 2.71 bits per heavy atom. The molecule has 0 aromatic heterocycles. The normalized spacial score (nSPS) is 15.7. The predicted molar refractivity (Wildman–Crippen MR) is 82.5 cm³/mol. The third-order valence-corrected chi connectivity index (χ3v) is 4.25. The standard InChI is InChI=1S/C15H19ClN2O3/c16-13-8-7-12(10-14(13)18(20)21)17-15(19)9-6-11-4-2-1-3-5-11/h7-8,10-11H,1-6,9H2,(H,17,19). The van der Waals surface area contributed by atoms with Gasteiger partial charge in [-0.2, -0.15) is 0 Å². The lowest BCUT2D eigenvalue weighted by Gasteiger charge is -2.20. The Balaban J connectivity index is 1.87. The van der Waals surface area contributed by atoms with Crippen LogP contribution in [0.15, 0.2) is 18.2 Å². The van der Waals surface area contributed by atoms with E-state index < -0.39 is 4.92 Å². The second-order valence-electron chi connectivity index (χ2n) is 5.51. The molecular formula is C15H19ClN2O3. The number of carbonyl (C=O) groups is 1. The average Bonchev–Trinajstić information content (AvgIpc) is 2.48. The molecule has 0 heterocycles. The molecular weight excluding hydrogens is 292 g/mol. The highest BCUT2D eigenvalue weighted by molar-refractivity contribution is 6.32. The molecule has 0 unspecified atom stereocenters. The molecule has 2 rings (SSSR count). The molecule has 0 radical (unpaired) electrons. The summed E-state index contributed by atoms with van der Waals surface area (Å²) in [7, 11) is 0. The van der Waals surface area contributed by atoms with Crippen LogP contribution in [0.1, 0.15) is 44.9 Å². The van der Waals surface area contributed by atoms with E-state index in [1.54, 1.807) is 6.07 Å². The first-order valence-electron chi connectivity index (χ1n) is 7.30. The fourth-order valence-electron chi connectivity index (χ4n) is 2.76. The van der Waals surface area contributed by atoms with E-state index in [2.05, 4.69) is 5.32 Å². The van der Waals surface area contributed by atoms with Crippen molar-refractivity contribution in [1.29, 1.82) is 0 Å². The van der Waals surface area contributed by atoms with Crippen LogP contribution in [0, 0.1) is 16.0 Å². The number of nitrogens with one attached hydrogen (secondary N) is 1. The molecule has 0 saturated heterocycles. The molecule has 1 aromatic rings. The SMILES string of the molecule is O=C(CCC1CCCCC1)Nc1ccc(Cl)c([N+](=O)[O-])c1. The van der Waals surface area contributed by atoms with Gasteiger partial charge in [-0.1, -0.05) is 43.7 Å². The van der Waals surface area contributed by atoms with E-state index in [-0.39, 0.29) is 16.6 Å². The van der Waals surface area contributed by atoms with Crippen molar-refractivity contribution in [2.75, 3.05) is 5.32 Å². The first kappa shape index (κ1) is 15.8. The number of hydrogen-bond donors (Lipinski definition) is 1. The van der Waals surface area contributed by atoms with Crippen LogP contribution >= 0.6 is 11.6 Å². The summed E-state index contributed by atoms with van der Waals surface area (Å²) in [6.07, 6.45) is 7.59. The number of nitrogens with zero attached hydrogens (tertiary/aromatic N) is 1. The third kappa shape index (κ3) is 4.70. The maximum absolute atomic E-state index is 11.9. The van der Waals surface area contributed by atoms with E-state index in [4.69, 9.17) is 11.6 Å². The van der Waals surface area contributed by atoms with Crippen LogP contribution in [0.2, 0.25) is 5.02 Å². The number of hydrogen-bond acceptors (Lipinski definition) is 3. The van der Waals surface area contributed by atoms with Crippen molar-refractivity contribution in [2.45, 2.75) is 44.9 Å². The number of benzene rings is 1. The zero-order valence-corrected chi connectivity index (χ0v) is 12.6. The van der Waals surface area contributed by atoms with Crippen LogP contribution in [0.4, 0.5) is 11.4 Å². The van der Waals surface area contributed by atoms with Gasteiger partial charge in [-0.05, 0) is 24.5 Å². The summed E-state index contributed by atoms with van der Waals surface area (Å²) in [5.41, 5.74) is 0.224. The molecule has 0 aliphatic heterocycles. The second kappa shape index (κ2) is 7.41. The van der Waals surface area contributed by atoms with Gasteiger partial charge in [0, 0.05) is 18.2 Å². The molecule has 21 heavy (non-hydrogen) atoms. The number of nitro benzene ring substituents is 1. The van der Waals surface area contributed by atoms with Gasteiger partial charge in [-0.3, -0.25) is 14.9 Å². The van der Waals surface area contributed by atoms with E-state index in [9.17, 15) is 14.9 Å². The lowest BCUT2D eigenvalue weighted by atomic mass is 9.86. The maximum atomic E-state index is 11.9. The number of halogens is 1. The van der Waals surface area contributed by atoms with Crippen molar-refractivity contribution < 1.29 is 9.72 Å². The van der Waals surface area contributed by atoms with Crippen LogP contribution in [0.5, 0.6) is 0 Å². The molecule has 1 saturated carbocycles. The Hall–Kier alpha value is -1.62. The highest BCUT2D eigenvalue weighted by atomic mass is 35.5. The average molecular weight is 311 g/mol. The van der Waals surface area contributed by atoms with Crippen molar-refractivity contribution in [3.63, 3.8) is 0 Å². The van der Waals surface area contributed by atoms with E-state index in [1.165, 1.54) is 44.2 Å². The summed E-state index contributed by atoms with van der Waals surface area (Å²) >= 11 is 5.74. The van der Waals surface area contributed by atoms with Crippen LogP contribution in [0.25, 0.3) is 0 Å². The number of amides is 1. The molecule has 0 bridgehead atoms. The molecule has 0 atom stereocenters. The largest absolute Gasteiger partial charge is 0.326 e. The molecule has 5 nitrogen and oxygen atoms in total. The van der Waals surface area contributed by atoms with Crippen LogP contribution in [-0.2, 0) is 4.79 Å². The van der Waals surface area contributed by atoms with E-state index in [1.807, 2.05) is 0 Å². The minimum Gasteiger partial charge on any atom is -0.326 e. The van der Waals surface area contributed by atoms with Crippen LogP contribution in [-0.4, -0.2) is 10.8 Å². The zero-order valence-electron chi connectivity index (χ0n) is 11.8. The first-order chi connectivity index (χ1) is 10.1. The zero-order chi connectivity index (χ0) is 15.2. The second-order valence-corrected chi connectivity index (χ2v) is 5.92. The number of anilines is 1. The van der Waals surface area contributed by atoms with Gasteiger partial charge in [0.1, 0.15) is 5.02 Å². The highest BCUT2D eigenvalue weighted by Crippen LogP contribution is 2.29. The predicted octanol–water partition coefficient (Wildman–Crippen LogP) is 4.55. The van der Waals surface area contributed by atoms with Gasteiger partial charge in [-0.15, -0.1) is 0 Å².